The van der Waals surface area contributed by atoms with Crippen molar-refractivity contribution in [1.29, 1.82) is 0 Å². The molecule has 1 heterocycles. The number of aliphatic carboxylic acids is 1. The Morgan fingerprint density at radius 2 is 2.04 bits per heavy atom. The molecular formula is C17H23FN2O4. The summed E-state index contributed by atoms with van der Waals surface area (Å²) in [6.45, 7) is 3.61. The summed E-state index contributed by atoms with van der Waals surface area (Å²) in [7, 11) is 0. The third-order valence-electron chi connectivity index (χ3n) is 3.98. The maximum atomic E-state index is 12.8. The highest BCUT2D eigenvalue weighted by Gasteiger charge is 2.31. The van der Waals surface area contributed by atoms with E-state index in [1.807, 2.05) is 6.92 Å². The Morgan fingerprint density at radius 1 is 1.33 bits per heavy atom. The highest BCUT2D eigenvalue weighted by molar-refractivity contribution is 5.76. The normalized spacial score (nSPS) is 20.5. The van der Waals surface area contributed by atoms with Crippen molar-refractivity contribution < 1.29 is 23.8 Å². The van der Waals surface area contributed by atoms with E-state index in [1.165, 1.54) is 12.1 Å². The molecule has 1 aliphatic rings. The Kier molecular flexibility index (Phi) is 6.40. The van der Waals surface area contributed by atoms with Crippen LogP contribution in [-0.2, 0) is 4.79 Å². The lowest BCUT2D eigenvalue weighted by Gasteiger charge is -2.34. The van der Waals surface area contributed by atoms with E-state index >= 15 is 0 Å². The summed E-state index contributed by atoms with van der Waals surface area (Å²) in [4.78, 5) is 24.8. The minimum absolute atomic E-state index is 0.174. The molecule has 0 bridgehead atoms. The Labute approximate surface area is 140 Å². The van der Waals surface area contributed by atoms with E-state index < -0.39 is 11.9 Å². The fraction of sp³-hybridized carbons (Fsp3) is 0.529. The van der Waals surface area contributed by atoms with Crippen LogP contribution in [0.5, 0.6) is 5.75 Å². The topological polar surface area (TPSA) is 78.9 Å². The number of likely N-dealkylation sites (tertiary alicyclic amines) is 1. The highest BCUT2D eigenvalue weighted by atomic mass is 19.1. The molecule has 2 atom stereocenters. The van der Waals surface area contributed by atoms with Crippen molar-refractivity contribution in [1.82, 2.24) is 10.2 Å². The second-order valence-corrected chi connectivity index (χ2v) is 6.17. The zero-order chi connectivity index (χ0) is 17.5. The second-order valence-electron chi connectivity index (χ2n) is 6.17. The molecule has 1 saturated heterocycles. The van der Waals surface area contributed by atoms with Crippen LogP contribution in [0.25, 0.3) is 0 Å². The van der Waals surface area contributed by atoms with Crippen LogP contribution in [0.15, 0.2) is 24.3 Å². The van der Waals surface area contributed by atoms with Gasteiger partial charge >= 0.3 is 12.0 Å². The number of nitrogens with one attached hydrogen (secondary N) is 1. The number of hydrogen-bond acceptors (Lipinski definition) is 3. The molecule has 0 saturated carbocycles. The predicted molar refractivity (Wildman–Crippen MR) is 86.4 cm³/mol. The molecule has 1 aromatic rings. The van der Waals surface area contributed by atoms with E-state index in [-0.39, 0.29) is 24.3 Å². The highest BCUT2D eigenvalue weighted by Crippen LogP contribution is 2.21. The lowest BCUT2D eigenvalue weighted by molar-refractivity contribution is -0.143. The van der Waals surface area contributed by atoms with Crippen molar-refractivity contribution >= 4 is 12.0 Å². The van der Waals surface area contributed by atoms with Crippen LogP contribution in [0.3, 0.4) is 0 Å². The first-order valence-electron chi connectivity index (χ1n) is 8.09. The molecule has 0 aliphatic carbocycles. The van der Waals surface area contributed by atoms with Gasteiger partial charge in [-0.2, -0.15) is 0 Å². The number of amides is 2. The molecule has 24 heavy (non-hydrogen) atoms. The molecule has 6 nitrogen and oxygen atoms in total. The molecule has 0 aromatic heterocycles. The van der Waals surface area contributed by atoms with E-state index in [0.717, 1.165) is 0 Å². The van der Waals surface area contributed by atoms with Gasteiger partial charge in [0.25, 0.3) is 0 Å². The van der Waals surface area contributed by atoms with E-state index in [1.54, 1.807) is 17.0 Å². The molecular weight excluding hydrogens is 315 g/mol. The number of urea groups is 1. The average molecular weight is 338 g/mol. The maximum Gasteiger partial charge on any atom is 0.317 e. The number of carboxylic acid groups (broad SMARTS) is 1. The molecule has 0 spiro atoms. The summed E-state index contributed by atoms with van der Waals surface area (Å²) in [5.74, 6) is -0.914. The largest absolute Gasteiger partial charge is 0.494 e. The average Bonchev–Trinajstić information content (AvgIpc) is 2.55. The van der Waals surface area contributed by atoms with Crippen molar-refractivity contribution in [3.8, 4) is 5.75 Å². The number of carboxylic acids is 1. The fourth-order valence-corrected chi connectivity index (χ4v) is 2.80. The first-order valence-corrected chi connectivity index (χ1v) is 8.09. The Balaban J connectivity index is 1.67. The molecule has 2 rings (SSSR count). The molecule has 0 radical (unpaired) electrons. The minimum atomic E-state index is -0.855. The van der Waals surface area contributed by atoms with E-state index in [0.29, 0.717) is 38.3 Å². The zero-order valence-corrected chi connectivity index (χ0v) is 13.7. The van der Waals surface area contributed by atoms with Crippen LogP contribution in [0.2, 0.25) is 0 Å². The zero-order valence-electron chi connectivity index (χ0n) is 13.7. The predicted octanol–water partition coefficient (Wildman–Crippen LogP) is 2.35. The van der Waals surface area contributed by atoms with Gasteiger partial charge < -0.3 is 20.1 Å². The molecule has 1 aliphatic heterocycles. The number of piperidine rings is 1. The number of ether oxygens (including phenoxy) is 1. The van der Waals surface area contributed by atoms with Gasteiger partial charge in [-0.05, 0) is 43.0 Å². The van der Waals surface area contributed by atoms with Gasteiger partial charge in [0, 0.05) is 19.6 Å². The van der Waals surface area contributed by atoms with Crippen LogP contribution >= 0.6 is 0 Å². The van der Waals surface area contributed by atoms with Crippen molar-refractivity contribution in [2.75, 3.05) is 26.2 Å². The Morgan fingerprint density at radius 3 is 2.71 bits per heavy atom. The molecule has 2 N–H and O–H groups in total. The standard InChI is InChI=1S/C17H23FN2O4/c1-12-9-13(16(21)22)11-20(10-12)17(23)19-7-2-8-24-15-5-3-14(18)4-6-15/h3-6,12-13H,2,7-11H2,1H3,(H,19,23)(H,21,22). The maximum absolute atomic E-state index is 12.8. The van der Waals surface area contributed by atoms with Crippen molar-refractivity contribution in [3.63, 3.8) is 0 Å². The monoisotopic (exact) mass is 338 g/mol. The summed E-state index contributed by atoms with van der Waals surface area (Å²) >= 11 is 0. The van der Waals surface area contributed by atoms with Crippen LogP contribution < -0.4 is 10.1 Å². The molecule has 2 amide bonds. The first kappa shape index (κ1) is 18.0. The van der Waals surface area contributed by atoms with Gasteiger partial charge in [-0.25, -0.2) is 9.18 Å². The van der Waals surface area contributed by atoms with E-state index in [2.05, 4.69) is 5.32 Å². The number of hydrogen-bond donors (Lipinski definition) is 2. The smallest absolute Gasteiger partial charge is 0.317 e. The van der Waals surface area contributed by atoms with Crippen LogP contribution in [0.1, 0.15) is 19.8 Å². The molecule has 7 heteroatoms. The quantitative estimate of drug-likeness (QED) is 0.781. The minimum Gasteiger partial charge on any atom is -0.494 e. The van der Waals surface area contributed by atoms with Crippen LogP contribution in [0.4, 0.5) is 9.18 Å². The Bertz CT molecular complexity index is 564. The summed E-state index contributed by atoms with van der Waals surface area (Å²) in [6, 6.07) is 5.51. The number of rotatable bonds is 6. The summed E-state index contributed by atoms with van der Waals surface area (Å²) in [5, 5.41) is 11.9. The Hall–Kier alpha value is -2.31. The SMILES string of the molecule is CC1CC(C(=O)O)CN(C(=O)NCCCOc2ccc(F)cc2)C1. The second kappa shape index (κ2) is 8.52. The molecule has 1 aromatic carbocycles. The van der Waals surface area contributed by atoms with Crippen LogP contribution in [-0.4, -0.2) is 48.2 Å². The number of benzene rings is 1. The van der Waals surface area contributed by atoms with Gasteiger partial charge in [0.1, 0.15) is 11.6 Å². The third kappa shape index (κ3) is 5.40. The van der Waals surface area contributed by atoms with Crippen molar-refractivity contribution in [3.05, 3.63) is 30.1 Å². The van der Waals surface area contributed by atoms with Gasteiger partial charge in [-0.15, -0.1) is 0 Å². The van der Waals surface area contributed by atoms with E-state index in [9.17, 15) is 14.0 Å². The van der Waals surface area contributed by atoms with Crippen molar-refractivity contribution in [2.45, 2.75) is 19.8 Å². The number of carbonyl (C=O) groups excluding carboxylic acids is 1. The van der Waals surface area contributed by atoms with E-state index in [4.69, 9.17) is 9.84 Å². The number of carbonyl (C=O) groups is 2. The number of nitrogens with zero attached hydrogens (tertiary/aromatic N) is 1. The van der Waals surface area contributed by atoms with Gasteiger partial charge in [0.2, 0.25) is 0 Å². The van der Waals surface area contributed by atoms with Crippen LogP contribution in [0, 0.1) is 17.7 Å². The third-order valence-corrected chi connectivity index (χ3v) is 3.98. The number of halogens is 1. The molecule has 2 unspecified atom stereocenters. The molecule has 1 fully saturated rings. The van der Waals surface area contributed by atoms with Gasteiger partial charge in [-0.1, -0.05) is 6.92 Å². The summed E-state index contributed by atoms with van der Waals surface area (Å²) < 4.78 is 18.2. The lowest BCUT2D eigenvalue weighted by Crippen LogP contribution is -2.49. The fourth-order valence-electron chi connectivity index (χ4n) is 2.80. The van der Waals surface area contributed by atoms with Crippen molar-refractivity contribution in [2.24, 2.45) is 11.8 Å². The van der Waals surface area contributed by atoms with Gasteiger partial charge in [-0.3, -0.25) is 4.79 Å². The summed E-state index contributed by atoms with van der Waals surface area (Å²) in [6.07, 6.45) is 1.21. The van der Waals surface area contributed by atoms with Gasteiger partial charge in [0.05, 0.1) is 12.5 Å². The first-order chi connectivity index (χ1) is 11.5. The lowest BCUT2D eigenvalue weighted by atomic mass is 9.91. The summed E-state index contributed by atoms with van der Waals surface area (Å²) in [5.41, 5.74) is 0. The molecule has 132 valence electrons. The van der Waals surface area contributed by atoms with Gasteiger partial charge in [0.15, 0.2) is 0 Å².